The second-order valence-corrected chi connectivity index (χ2v) is 7.27. The molecule has 3 rings (SSSR count). The van der Waals surface area contributed by atoms with E-state index < -0.39 is 0 Å². The van der Waals surface area contributed by atoms with E-state index in [4.69, 9.17) is 11.6 Å². The summed E-state index contributed by atoms with van der Waals surface area (Å²) >= 11 is 6.08. The van der Waals surface area contributed by atoms with Crippen molar-refractivity contribution in [3.63, 3.8) is 0 Å². The molecule has 1 aromatic heterocycles. The summed E-state index contributed by atoms with van der Waals surface area (Å²) in [5, 5.41) is 3.63. The van der Waals surface area contributed by atoms with Gasteiger partial charge in [0.05, 0.1) is 5.56 Å². The Hall–Kier alpha value is -2.34. The number of aromatic nitrogens is 2. The van der Waals surface area contributed by atoms with Gasteiger partial charge in [-0.1, -0.05) is 31.5 Å². The molecular weight excluding hydrogens is 350 g/mol. The molecule has 0 radical (unpaired) electrons. The molecule has 0 saturated carbocycles. The SMILES string of the molecule is CC(C)CNC(=O)c1cnc(N2CCN(c3cccc(Cl)c3)CC2)nc1. The van der Waals surface area contributed by atoms with Gasteiger partial charge in [0.1, 0.15) is 0 Å². The quantitative estimate of drug-likeness (QED) is 0.873. The predicted molar refractivity (Wildman–Crippen MR) is 105 cm³/mol. The Kier molecular flexibility index (Phi) is 5.93. The lowest BCUT2D eigenvalue weighted by atomic mass is 10.2. The molecule has 0 unspecified atom stereocenters. The van der Waals surface area contributed by atoms with E-state index in [2.05, 4.69) is 45.0 Å². The van der Waals surface area contributed by atoms with Gasteiger partial charge in [-0.25, -0.2) is 9.97 Å². The summed E-state index contributed by atoms with van der Waals surface area (Å²) in [5.41, 5.74) is 1.63. The van der Waals surface area contributed by atoms with Crippen molar-refractivity contribution in [2.24, 2.45) is 5.92 Å². The first-order chi connectivity index (χ1) is 12.5. The van der Waals surface area contributed by atoms with E-state index in [-0.39, 0.29) is 5.91 Å². The van der Waals surface area contributed by atoms with Crippen molar-refractivity contribution in [2.75, 3.05) is 42.5 Å². The third kappa shape index (κ3) is 4.64. The number of nitrogens with zero attached hydrogens (tertiary/aromatic N) is 4. The summed E-state index contributed by atoms with van der Waals surface area (Å²) < 4.78 is 0. The maximum atomic E-state index is 12.0. The van der Waals surface area contributed by atoms with Gasteiger partial charge in [0, 0.05) is 55.8 Å². The fourth-order valence-corrected chi connectivity index (χ4v) is 3.02. The number of carbonyl (C=O) groups is 1. The number of amides is 1. The highest BCUT2D eigenvalue weighted by atomic mass is 35.5. The Morgan fingerprint density at radius 1 is 1.15 bits per heavy atom. The van der Waals surface area contributed by atoms with E-state index in [1.54, 1.807) is 12.4 Å². The van der Waals surface area contributed by atoms with Crippen molar-refractivity contribution in [3.8, 4) is 0 Å². The van der Waals surface area contributed by atoms with Crippen LogP contribution in [0.2, 0.25) is 5.02 Å². The number of hydrogen-bond acceptors (Lipinski definition) is 5. The van der Waals surface area contributed by atoms with Crippen LogP contribution in [0.25, 0.3) is 0 Å². The van der Waals surface area contributed by atoms with Crippen molar-refractivity contribution in [1.29, 1.82) is 0 Å². The largest absolute Gasteiger partial charge is 0.368 e. The van der Waals surface area contributed by atoms with E-state index in [9.17, 15) is 4.79 Å². The van der Waals surface area contributed by atoms with E-state index in [1.165, 1.54) is 0 Å². The van der Waals surface area contributed by atoms with Crippen LogP contribution in [0.4, 0.5) is 11.6 Å². The predicted octanol–water partition coefficient (Wildman–Crippen LogP) is 2.84. The second-order valence-electron chi connectivity index (χ2n) is 6.83. The number of rotatable bonds is 5. The molecule has 0 spiro atoms. The summed E-state index contributed by atoms with van der Waals surface area (Å²) in [6, 6.07) is 7.91. The minimum atomic E-state index is -0.129. The number of carbonyl (C=O) groups excluding carboxylic acids is 1. The average Bonchev–Trinajstić information content (AvgIpc) is 2.66. The minimum Gasteiger partial charge on any atom is -0.368 e. The highest BCUT2D eigenvalue weighted by Gasteiger charge is 2.19. The van der Waals surface area contributed by atoms with Crippen molar-refractivity contribution in [1.82, 2.24) is 15.3 Å². The van der Waals surface area contributed by atoms with Gasteiger partial charge in [0.2, 0.25) is 5.95 Å². The molecule has 1 fully saturated rings. The maximum Gasteiger partial charge on any atom is 0.254 e. The summed E-state index contributed by atoms with van der Waals surface area (Å²) in [6.45, 7) is 8.16. The third-order valence-corrected chi connectivity index (χ3v) is 4.54. The molecule has 0 aliphatic carbocycles. The summed E-state index contributed by atoms with van der Waals surface area (Å²) in [6.07, 6.45) is 3.20. The molecule has 1 aliphatic rings. The Morgan fingerprint density at radius 2 is 1.81 bits per heavy atom. The Labute approximate surface area is 159 Å². The fourth-order valence-electron chi connectivity index (χ4n) is 2.84. The zero-order valence-electron chi connectivity index (χ0n) is 15.2. The van der Waals surface area contributed by atoms with Crippen LogP contribution in [0.3, 0.4) is 0 Å². The molecule has 0 bridgehead atoms. The van der Waals surface area contributed by atoms with Gasteiger partial charge in [0.25, 0.3) is 5.91 Å². The van der Waals surface area contributed by atoms with Crippen LogP contribution in [0.5, 0.6) is 0 Å². The first-order valence-corrected chi connectivity index (χ1v) is 9.26. The number of benzene rings is 1. The van der Waals surface area contributed by atoms with E-state index >= 15 is 0 Å². The average molecular weight is 374 g/mol. The Morgan fingerprint density at radius 3 is 2.42 bits per heavy atom. The molecule has 1 saturated heterocycles. The van der Waals surface area contributed by atoms with Crippen LogP contribution >= 0.6 is 11.6 Å². The fraction of sp³-hybridized carbons (Fsp3) is 0.421. The molecule has 138 valence electrons. The van der Waals surface area contributed by atoms with Gasteiger partial charge in [0.15, 0.2) is 0 Å². The topological polar surface area (TPSA) is 61.4 Å². The van der Waals surface area contributed by atoms with Gasteiger partial charge in [-0.3, -0.25) is 4.79 Å². The van der Waals surface area contributed by atoms with E-state index in [0.29, 0.717) is 24.0 Å². The van der Waals surface area contributed by atoms with Crippen LogP contribution in [0.1, 0.15) is 24.2 Å². The standard InChI is InChI=1S/C19H24ClN5O/c1-14(2)11-21-18(26)15-12-22-19(23-13-15)25-8-6-24(7-9-25)17-5-3-4-16(20)10-17/h3-5,10,12-14H,6-9,11H2,1-2H3,(H,21,26). The second kappa shape index (κ2) is 8.36. The molecular formula is C19H24ClN5O. The number of halogens is 1. The summed E-state index contributed by atoms with van der Waals surface area (Å²) in [5.74, 6) is 0.946. The number of nitrogens with one attached hydrogen (secondary N) is 1. The van der Waals surface area contributed by atoms with Crippen molar-refractivity contribution in [3.05, 3.63) is 47.2 Å². The van der Waals surface area contributed by atoms with Gasteiger partial charge in [-0.05, 0) is 24.1 Å². The third-order valence-electron chi connectivity index (χ3n) is 4.31. The Balaban J connectivity index is 1.57. The highest BCUT2D eigenvalue weighted by molar-refractivity contribution is 6.30. The molecule has 0 atom stereocenters. The lowest BCUT2D eigenvalue weighted by Gasteiger charge is -2.36. The first-order valence-electron chi connectivity index (χ1n) is 8.88. The van der Waals surface area contributed by atoms with E-state index in [1.807, 2.05) is 18.2 Å². The van der Waals surface area contributed by atoms with Crippen LogP contribution in [-0.4, -0.2) is 48.6 Å². The molecule has 1 aromatic carbocycles. The molecule has 7 heteroatoms. The maximum absolute atomic E-state index is 12.0. The van der Waals surface area contributed by atoms with Crippen LogP contribution in [0, 0.1) is 5.92 Å². The van der Waals surface area contributed by atoms with Crippen LogP contribution in [0.15, 0.2) is 36.7 Å². The highest BCUT2D eigenvalue weighted by Crippen LogP contribution is 2.21. The number of piperazine rings is 1. The molecule has 2 heterocycles. The molecule has 6 nitrogen and oxygen atoms in total. The molecule has 1 aliphatic heterocycles. The first kappa shape index (κ1) is 18.5. The van der Waals surface area contributed by atoms with Gasteiger partial charge >= 0.3 is 0 Å². The molecule has 26 heavy (non-hydrogen) atoms. The summed E-state index contributed by atoms with van der Waals surface area (Å²) in [7, 11) is 0. The zero-order valence-corrected chi connectivity index (χ0v) is 15.9. The lowest BCUT2D eigenvalue weighted by molar-refractivity contribution is 0.0948. The zero-order chi connectivity index (χ0) is 18.5. The number of hydrogen-bond donors (Lipinski definition) is 1. The van der Waals surface area contributed by atoms with Gasteiger partial charge in [-0.15, -0.1) is 0 Å². The van der Waals surface area contributed by atoms with Crippen molar-refractivity contribution >= 4 is 29.1 Å². The smallest absolute Gasteiger partial charge is 0.254 e. The van der Waals surface area contributed by atoms with Crippen molar-refractivity contribution in [2.45, 2.75) is 13.8 Å². The number of anilines is 2. The van der Waals surface area contributed by atoms with Crippen LogP contribution < -0.4 is 15.1 Å². The monoisotopic (exact) mass is 373 g/mol. The van der Waals surface area contributed by atoms with E-state index in [0.717, 1.165) is 36.9 Å². The van der Waals surface area contributed by atoms with Crippen LogP contribution in [-0.2, 0) is 0 Å². The minimum absolute atomic E-state index is 0.129. The van der Waals surface area contributed by atoms with Crippen molar-refractivity contribution < 1.29 is 4.79 Å². The molecule has 1 N–H and O–H groups in total. The molecule has 2 aromatic rings. The van der Waals surface area contributed by atoms with Gasteiger partial charge in [-0.2, -0.15) is 0 Å². The molecule has 1 amide bonds. The normalized spacial score (nSPS) is 14.6. The Bertz CT molecular complexity index is 742. The van der Waals surface area contributed by atoms with Gasteiger partial charge < -0.3 is 15.1 Å². The summed E-state index contributed by atoms with van der Waals surface area (Å²) in [4.78, 5) is 25.2. The lowest BCUT2D eigenvalue weighted by Crippen LogP contribution is -2.47.